The molecule has 0 aromatic carbocycles. The zero-order valence-electron chi connectivity index (χ0n) is 10.7. The molecule has 0 N–H and O–H groups in total. The number of ether oxygens (including phenoxy) is 1. The molecule has 0 saturated carbocycles. The van der Waals surface area contributed by atoms with E-state index in [1.54, 1.807) is 6.92 Å². The number of hydrogen-bond donors (Lipinski definition) is 0. The molecule has 98 valence electrons. The van der Waals surface area contributed by atoms with Crippen LogP contribution in [0.5, 0.6) is 0 Å². The summed E-state index contributed by atoms with van der Waals surface area (Å²) in [6.45, 7) is 4.46. The molecule has 1 fully saturated rings. The quantitative estimate of drug-likeness (QED) is 0.543. The lowest BCUT2D eigenvalue weighted by Crippen LogP contribution is -2.33. The third-order valence-electron chi connectivity index (χ3n) is 3.00. The number of hydrogen-bond acceptors (Lipinski definition) is 4. The normalized spacial score (nSPS) is 18.2. The first-order chi connectivity index (χ1) is 8.22. The van der Waals surface area contributed by atoms with Crippen molar-refractivity contribution in [1.82, 2.24) is 4.90 Å². The second kappa shape index (κ2) is 8.23. The zero-order chi connectivity index (χ0) is 12.5. The van der Waals surface area contributed by atoms with Gasteiger partial charge in [-0.15, -0.1) is 0 Å². The Morgan fingerprint density at radius 1 is 1.06 bits per heavy atom. The lowest BCUT2D eigenvalue weighted by atomic mass is 10.1. The summed E-state index contributed by atoms with van der Waals surface area (Å²) in [6.07, 6.45) is 6.06. The van der Waals surface area contributed by atoms with E-state index in [9.17, 15) is 9.59 Å². The van der Waals surface area contributed by atoms with E-state index in [1.807, 2.05) is 0 Å². The van der Waals surface area contributed by atoms with E-state index in [2.05, 4.69) is 4.90 Å². The van der Waals surface area contributed by atoms with E-state index in [0.717, 1.165) is 25.9 Å². The summed E-state index contributed by atoms with van der Waals surface area (Å²) in [5.41, 5.74) is 0. The molecular formula is C13H23NO3. The number of Topliss-reactive ketones (excluding diaryl/α,β-unsaturated/α-hetero) is 1. The minimum absolute atomic E-state index is 0.0241. The lowest BCUT2D eigenvalue weighted by Gasteiger charge is -2.23. The third kappa shape index (κ3) is 6.41. The number of nitrogens with zero attached hydrogens (tertiary/aromatic N) is 1. The highest BCUT2D eigenvalue weighted by atomic mass is 16.5. The van der Waals surface area contributed by atoms with Crippen LogP contribution in [0.15, 0.2) is 0 Å². The topological polar surface area (TPSA) is 46.6 Å². The van der Waals surface area contributed by atoms with E-state index in [-0.39, 0.29) is 12.2 Å². The summed E-state index contributed by atoms with van der Waals surface area (Å²) < 4.78 is 4.77. The molecule has 1 rings (SSSR count). The van der Waals surface area contributed by atoms with Crippen molar-refractivity contribution in [3.63, 3.8) is 0 Å². The highest BCUT2D eigenvalue weighted by Gasteiger charge is 2.15. The van der Waals surface area contributed by atoms with Crippen LogP contribution in [0.25, 0.3) is 0 Å². The van der Waals surface area contributed by atoms with Gasteiger partial charge in [-0.1, -0.05) is 19.3 Å². The van der Waals surface area contributed by atoms with Crippen LogP contribution in [0.3, 0.4) is 0 Å². The largest absolute Gasteiger partial charge is 0.466 e. The van der Waals surface area contributed by atoms with Gasteiger partial charge in [-0.2, -0.15) is 0 Å². The predicted molar refractivity (Wildman–Crippen MR) is 65.8 cm³/mol. The van der Waals surface area contributed by atoms with Crippen molar-refractivity contribution >= 4 is 11.8 Å². The molecule has 0 atom stereocenters. The van der Waals surface area contributed by atoms with Gasteiger partial charge in [0.1, 0.15) is 6.42 Å². The van der Waals surface area contributed by atoms with Crippen LogP contribution in [-0.2, 0) is 14.3 Å². The summed E-state index contributed by atoms with van der Waals surface area (Å²) in [5.74, 6) is -0.423. The summed E-state index contributed by atoms with van der Waals surface area (Å²) in [6, 6.07) is 0. The fourth-order valence-corrected chi connectivity index (χ4v) is 2.15. The Kier molecular flexibility index (Phi) is 6.86. The number of esters is 1. The maximum absolute atomic E-state index is 11.7. The second-order valence-corrected chi connectivity index (χ2v) is 4.56. The average Bonchev–Trinajstić information content (AvgIpc) is 2.22. The molecular weight excluding hydrogens is 218 g/mol. The van der Waals surface area contributed by atoms with Gasteiger partial charge in [-0.25, -0.2) is 0 Å². The van der Waals surface area contributed by atoms with Crippen molar-refractivity contribution < 1.29 is 14.3 Å². The van der Waals surface area contributed by atoms with Crippen LogP contribution >= 0.6 is 0 Å². The lowest BCUT2D eigenvalue weighted by molar-refractivity contribution is -0.145. The van der Waals surface area contributed by atoms with E-state index >= 15 is 0 Å². The van der Waals surface area contributed by atoms with Gasteiger partial charge in [0.05, 0.1) is 13.2 Å². The van der Waals surface area contributed by atoms with Gasteiger partial charge < -0.3 is 4.74 Å². The monoisotopic (exact) mass is 241 g/mol. The van der Waals surface area contributed by atoms with Crippen LogP contribution < -0.4 is 0 Å². The van der Waals surface area contributed by atoms with Crippen molar-refractivity contribution in [1.29, 1.82) is 0 Å². The molecule has 0 spiro atoms. The molecule has 1 aliphatic heterocycles. The van der Waals surface area contributed by atoms with Crippen molar-refractivity contribution in [2.45, 2.75) is 45.4 Å². The van der Waals surface area contributed by atoms with Gasteiger partial charge in [0.15, 0.2) is 5.78 Å². The molecule has 0 bridgehead atoms. The van der Waals surface area contributed by atoms with Crippen LogP contribution in [0.1, 0.15) is 45.4 Å². The first kappa shape index (κ1) is 14.2. The van der Waals surface area contributed by atoms with Gasteiger partial charge in [0.25, 0.3) is 0 Å². The van der Waals surface area contributed by atoms with Gasteiger partial charge >= 0.3 is 5.97 Å². The molecule has 0 aromatic rings. The fourth-order valence-electron chi connectivity index (χ4n) is 2.15. The highest BCUT2D eigenvalue weighted by Crippen LogP contribution is 2.10. The fraction of sp³-hybridized carbons (Fsp3) is 0.846. The Hall–Kier alpha value is -0.900. The number of carbonyl (C=O) groups is 2. The highest BCUT2D eigenvalue weighted by molar-refractivity contribution is 5.96. The number of likely N-dealkylation sites (tertiary alicyclic amines) is 1. The van der Waals surface area contributed by atoms with Gasteiger partial charge in [-0.05, 0) is 32.9 Å². The molecule has 0 amide bonds. The second-order valence-electron chi connectivity index (χ2n) is 4.56. The Bertz CT molecular complexity index is 245. The Morgan fingerprint density at radius 3 is 2.24 bits per heavy atom. The molecule has 17 heavy (non-hydrogen) atoms. The molecule has 0 aliphatic carbocycles. The first-order valence-corrected chi connectivity index (χ1v) is 6.62. The number of carbonyl (C=O) groups excluding carboxylic acids is 2. The SMILES string of the molecule is CCOC(=O)CC(=O)CN1CCCCCCC1. The van der Waals surface area contributed by atoms with Crippen LogP contribution in [0.2, 0.25) is 0 Å². The van der Waals surface area contributed by atoms with E-state index in [0.29, 0.717) is 13.2 Å². The van der Waals surface area contributed by atoms with E-state index in [1.165, 1.54) is 19.3 Å². The molecule has 0 aromatic heterocycles. The van der Waals surface area contributed by atoms with E-state index in [4.69, 9.17) is 4.74 Å². The maximum atomic E-state index is 11.7. The van der Waals surface area contributed by atoms with Crippen molar-refractivity contribution in [3.8, 4) is 0 Å². The molecule has 1 heterocycles. The van der Waals surface area contributed by atoms with E-state index < -0.39 is 5.97 Å². The smallest absolute Gasteiger partial charge is 0.313 e. The summed E-state index contributed by atoms with van der Waals surface area (Å²) in [4.78, 5) is 25.0. The molecule has 1 saturated heterocycles. The Balaban J connectivity index is 2.25. The number of ketones is 1. The Morgan fingerprint density at radius 2 is 1.65 bits per heavy atom. The molecule has 1 aliphatic rings. The average molecular weight is 241 g/mol. The standard InChI is InChI=1S/C13H23NO3/c1-2-17-13(16)10-12(15)11-14-8-6-4-3-5-7-9-14/h2-11H2,1H3. The van der Waals surface area contributed by atoms with Crippen molar-refractivity contribution in [3.05, 3.63) is 0 Å². The molecule has 4 nitrogen and oxygen atoms in total. The van der Waals surface area contributed by atoms with Crippen molar-refractivity contribution in [2.75, 3.05) is 26.2 Å². The molecule has 4 heteroatoms. The van der Waals surface area contributed by atoms with Crippen LogP contribution in [0, 0.1) is 0 Å². The third-order valence-corrected chi connectivity index (χ3v) is 3.00. The predicted octanol–water partition coefficient (Wildman–Crippen LogP) is 1.77. The van der Waals surface area contributed by atoms with Gasteiger partial charge in [0.2, 0.25) is 0 Å². The van der Waals surface area contributed by atoms with Crippen LogP contribution in [-0.4, -0.2) is 42.9 Å². The number of rotatable bonds is 5. The molecule has 0 radical (unpaired) electrons. The molecule has 0 unspecified atom stereocenters. The Labute approximate surface area is 103 Å². The minimum atomic E-state index is -0.399. The summed E-state index contributed by atoms with van der Waals surface area (Å²) in [5, 5.41) is 0. The summed E-state index contributed by atoms with van der Waals surface area (Å²) in [7, 11) is 0. The van der Waals surface area contributed by atoms with Crippen LogP contribution in [0.4, 0.5) is 0 Å². The zero-order valence-corrected chi connectivity index (χ0v) is 10.7. The maximum Gasteiger partial charge on any atom is 0.313 e. The minimum Gasteiger partial charge on any atom is -0.466 e. The van der Waals surface area contributed by atoms with Crippen molar-refractivity contribution in [2.24, 2.45) is 0 Å². The van der Waals surface area contributed by atoms with Gasteiger partial charge in [0, 0.05) is 0 Å². The van der Waals surface area contributed by atoms with Gasteiger partial charge in [-0.3, -0.25) is 14.5 Å². The first-order valence-electron chi connectivity index (χ1n) is 6.62. The summed E-state index contributed by atoms with van der Waals surface area (Å²) >= 11 is 0.